The van der Waals surface area contributed by atoms with E-state index in [1.54, 1.807) is 0 Å². The molecule has 3 aliphatic rings. The number of fused-ring (bicyclic) bond motifs is 1. The van der Waals surface area contributed by atoms with E-state index in [9.17, 15) is 4.79 Å². The molecule has 1 aliphatic carbocycles. The number of hydrogen-bond donors (Lipinski definition) is 0. The molecule has 0 unspecified atom stereocenters. The molecule has 0 aromatic heterocycles. The van der Waals surface area contributed by atoms with Gasteiger partial charge < -0.3 is 0 Å². The second-order valence-electron chi connectivity index (χ2n) is 8.99. The summed E-state index contributed by atoms with van der Waals surface area (Å²) in [6.07, 6.45) is 9.18. The first kappa shape index (κ1) is 20.2. The van der Waals surface area contributed by atoms with Crippen molar-refractivity contribution in [3.63, 3.8) is 0 Å². The second-order valence-corrected chi connectivity index (χ2v) is 8.99. The van der Waals surface area contributed by atoms with Gasteiger partial charge in [-0.1, -0.05) is 67.1 Å². The number of benzene rings is 2. The summed E-state index contributed by atoms with van der Waals surface area (Å²) in [5.74, 6) is 0.410. The van der Waals surface area contributed by atoms with E-state index in [4.69, 9.17) is 5.10 Å². The number of rotatable bonds is 4. The van der Waals surface area contributed by atoms with Crippen molar-refractivity contribution in [3.8, 4) is 0 Å². The Balaban J connectivity index is 1.47. The van der Waals surface area contributed by atoms with Gasteiger partial charge in [-0.15, -0.1) is 0 Å². The van der Waals surface area contributed by atoms with Crippen LogP contribution < -0.4 is 0 Å². The fourth-order valence-electron chi connectivity index (χ4n) is 5.32. The molecule has 2 fully saturated rings. The van der Waals surface area contributed by atoms with Crippen LogP contribution >= 0.6 is 0 Å². The Morgan fingerprint density at radius 1 is 0.935 bits per heavy atom. The van der Waals surface area contributed by atoms with Crippen molar-refractivity contribution in [2.24, 2.45) is 11.0 Å². The van der Waals surface area contributed by atoms with Gasteiger partial charge in [0.25, 0.3) is 5.91 Å². The van der Waals surface area contributed by atoms with Gasteiger partial charge in [0.2, 0.25) is 0 Å². The molecular weight excluding hydrogens is 382 g/mol. The number of likely N-dealkylation sites (tertiary alicyclic amines) is 1. The normalized spacial score (nSPS) is 25.4. The Morgan fingerprint density at radius 2 is 1.65 bits per heavy atom. The van der Waals surface area contributed by atoms with Gasteiger partial charge in [0.15, 0.2) is 0 Å². The Morgan fingerprint density at radius 3 is 2.39 bits per heavy atom. The molecule has 2 heterocycles. The minimum atomic E-state index is 0.00737. The van der Waals surface area contributed by atoms with Gasteiger partial charge in [-0.05, 0) is 68.0 Å². The van der Waals surface area contributed by atoms with Gasteiger partial charge in [0, 0.05) is 5.92 Å². The van der Waals surface area contributed by atoms with Crippen LogP contribution in [0.3, 0.4) is 0 Å². The molecule has 160 valence electrons. The van der Waals surface area contributed by atoms with Gasteiger partial charge in [-0.3, -0.25) is 9.69 Å². The standard InChI is InChI=1S/C27H31N3O/c31-25(20-29-17-8-3-9-18-29)30-27(22-13-6-2-7-14-22)24-16-10-15-23(26(24)28-30)19-21-11-4-1-5-12-21/h1-2,4-7,11-14,19,24,27H,3,8-10,15-18,20H2/b23-19+/t24-,27-/m0/s1. The van der Waals surface area contributed by atoms with Crippen molar-refractivity contribution in [1.82, 2.24) is 9.91 Å². The highest BCUT2D eigenvalue weighted by molar-refractivity contribution is 6.08. The first-order valence-corrected chi connectivity index (χ1v) is 11.7. The minimum Gasteiger partial charge on any atom is -0.294 e. The number of nitrogens with zero attached hydrogens (tertiary/aromatic N) is 3. The lowest BCUT2D eigenvalue weighted by Crippen LogP contribution is -2.41. The molecule has 2 aromatic rings. The fraction of sp³-hybridized carbons (Fsp3) is 0.407. The van der Waals surface area contributed by atoms with Crippen LogP contribution in [0.5, 0.6) is 0 Å². The molecule has 1 saturated heterocycles. The molecule has 1 amide bonds. The quantitative estimate of drug-likeness (QED) is 0.682. The Hall–Kier alpha value is -2.72. The Kier molecular flexibility index (Phi) is 5.99. The third-order valence-corrected chi connectivity index (χ3v) is 6.85. The SMILES string of the molecule is O=C(CN1CCCCC1)N1N=C2/C(=C/c3ccccc3)CCC[C@@H]2[C@@H]1c1ccccc1. The number of allylic oxidation sites excluding steroid dienone is 1. The highest BCUT2D eigenvalue weighted by Crippen LogP contribution is 2.44. The van der Waals surface area contributed by atoms with Gasteiger partial charge in [0.1, 0.15) is 0 Å². The minimum absolute atomic E-state index is 0.00737. The Labute approximate surface area is 185 Å². The topological polar surface area (TPSA) is 35.9 Å². The molecule has 0 spiro atoms. The summed E-state index contributed by atoms with van der Waals surface area (Å²) in [6, 6.07) is 21.0. The number of hydrazone groups is 1. The van der Waals surface area contributed by atoms with Crippen molar-refractivity contribution in [3.05, 3.63) is 77.4 Å². The molecule has 0 bridgehead atoms. The van der Waals surface area contributed by atoms with E-state index in [2.05, 4.69) is 59.5 Å². The molecular formula is C27H31N3O. The maximum Gasteiger partial charge on any atom is 0.257 e. The van der Waals surface area contributed by atoms with Crippen LogP contribution in [-0.2, 0) is 4.79 Å². The third-order valence-electron chi connectivity index (χ3n) is 6.85. The largest absolute Gasteiger partial charge is 0.294 e. The van der Waals surface area contributed by atoms with E-state index < -0.39 is 0 Å². The molecule has 4 heteroatoms. The molecule has 1 saturated carbocycles. The molecule has 31 heavy (non-hydrogen) atoms. The van der Waals surface area contributed by atoms with Gasteiger partial charge >= 0.3 is 0 Å². The van der Waals surface area contributed by atoms with Gasteiger partial charge in [-0.25, -0.2) is 5.01 Å². The highest BCUT2D eigenvalue weighted by Gasteiger charge is 2.43. The first-order valence-electron chi connectivity index (χ1n) is 11.7. The van der Waals surface area contributed by atoms with Crippen LogP contribution in [0.15, 0.2) is 71.3 Å². The third kappa shape index (κ3) is 4.35. The van der Waals surface area contributed by atoms with Crippen LogP contribution in [0, 0.1) is 5.92 Å². The lowest BCUT2D eigenvalue weighted by Gasteiger charge is -2.31. The molecule has 2 aromatic carbocycles. The molecule has 0 radical (unpaired) electrons. The molecule has 2 aliphatic heterocycles. The summed E-state index contributed by atoms with van der Waals surface area (Å²) in [4.78, 5) is 15.8. The van der Waals surface area contributed by atoms with E-state index in [-0.39, 0.29) is 17.9 Å². The summed E-state index contributed by atoms with van der Waals surface area (Å²) < 4.78 is 0. The molecule has 0 N–H and O–H groups in total. The fourth-order valence-corrected chi connectivity index (χ4v) is 5.32. The van der Waals surface area contributed by atoms with Gasteiger partial charge in [0.05, 0.1) is 18.3 Å². The van der Waals surface area contributed by atoms with Crippen LogP contribution in [0.2, 0.25) is 0 Å². The predicted octanol–water partition coefficient (Wildman–Crippen LogP) is 5.30. The monoisotopic (exact) mass is 413 g/mol. The van der Waals surface area contributed by atoms with E-state index >= 15 is 0 Å². The van der Waals surface area contributed by atoms with Crippen molar-refractivity contribution in [2.45, 2.75) is 44.6 Å². The van der Waals surface area contributed by atoms with E-state index in [0.29, 0.717) is 6.54 Å². The zero-order valence-electron chi connectivity index (χ0n) is 18.1. The van der Waals surface area contributed by atoms with Crippen LogP contribution in [0.4, 0.5) is 0 Å². The number of piperidine rings is 1. The molecule has 5 rings (SSSR count). The average Bonchev–Trinajstić information content (AvgIpc) is 3.22. The summed E-state index contributed by atoms with van der Waals surface area (Å²) >= 11 is 0. The van der Waals surface area contributed by atoms with Crippen molar-refractivity contribution >= 4 is 17.7 Å². The summed E-state index contributed by atoms with van der Waals surface area (Å²) in [6.45, 7) is 2.52. The molecule has 2 atom stereocenters. The predicted molar refractivity (Wildman–Crippen MR) is 126 cm³/mol. The number of carbonyl (C=O) groups excluding carboxylic acids is 1. The van der Waals surface area contributed by atoms with Crippen LogP contribution in [-0.4, -0.2) is 41.2 Å². The number of hydrogen-bond acceptors (Lipinski definition) is 3. The zero-order chi connectivity index (χ0) is 21.0. The summed E-state index contributed by atoms with van der Waals surface area (Å²) in [5.41, 5.74) is 4.81. The first-order chi connectivity index (χ1) is 15.3. The van der Waals surface area contributed by atoms with Crippen LogP contribution in [0.1, 0.15) is 55.7 Å². The maximum absolute atomic E-state index is 13.5. The Bertz CT molecular complexity index is 960. The van der Waals surface area contributed by atoms with E-state index in [1.807, 2.05) is 17.1 Å². The van der Waals surface area contributed by atoms with E-state index in [1.165, 1.54) is 36.0 Å². The smallest absolute Gasteiger partial charge is 0.257 e. The summed E-state index contributed by atoms with van der Waals surface area (Å²) in [7, 11) is 0. The second kappa shape index (κ2) is 9.19. The highest BCUT2D eigenvalue weighted by atomic mass is 16.2. The van der Waals surface area contributed by atoms with Crippen molar-refractivity contribution in [2.75, 3.05) is 19.6 Å². The summed E-state index contributed by atoms with van der Waals surface area (Å²) in [5, 5.41) is 6.84. The van der Waals surface area contributed by atoms with Gasteiger partial charge in [-0.2, -0.15) is 5.10 Å². The van der Waals surface area contributed by atoms with E-state index in [0.717, 1.165) is 38.1 Å². The lowest BCUT2D eigenvalue weighted by atomic mass is 9.77. The van der Waals surface area contributed by atoms with Crippen LogP contribution in [0.25, 0.3) is 6.08 Å². The zero-order valence-corrected chi connectivity index (χ0v) is 18.1. The maximum atomic E-state index is 13.5. The lowest BCUT2D eigenvalue weighted by molar-refractivity contribution is -0.135. The molecule has 4 nitrogen and oxygen atoms in total. The number of amides is 1. The van der Waals surface area contributed by atoms with Crippen molar-refractivity contribution in [1.29, 1.82) is 0 Å². The number of carbonyl (C=O) groups is 1. The van der Waals surface area contributed by atoms with Crippen molar-refractivity contribution < 1.29 is 4.79 Å². The average molecular weight is 414 g/mol.